The van der Waals surface area contributed by atoms with Crippen molar-refractivity contribution < 1.29 is 26.4 Å². The largest absolute Gasteiger partial charge is 0.417 e. The van der Waals surface area contributed by atoms with Crippen LogP contribution in [0.15, 0.2) is 23.1 Å². The van der Waals surface area contributed by atoms with Crippen LogP contribution in [0, 0.1) is 0 Å². The molecule has 0 saturated carbocycles. The minimum atomic E-state index is -4.79. The van der Waals surface area contributed by atoms with E-state index in [1.807, 2.05) is 0 Å². The van der Waals surface area contributed by atoms with Crippen LogP contribution in [-0.4, -0.2) is 32.2 Å². The highest BCUT2D eigenvalue weighted by Gasteiger charge is 2.35. The molecule has 0 aliphatic rings. The highest BCUT2D eigenvalue weighted by atomic mass is 35.5. The first-order valence-electron chi connectivity index (χ1n) is 5.07. The second-order valence-electron chi connectivity index (χ2n) is 3.87. The molecule has 0 radical (unpaired) electrons. The van der Waals surface area contributed by atoms with Gasteiger partial charge in [0.2, 0.25) is 15.9 Å². The SMILES string of the molecule is CN(CC(N)=O)S(=O)(=O)c1ccc(Cl)c(C(F)(F)F)c1. The van der Waals surface area contributed by atoms with Crippen molar-refractivity contribution in [2.45, 2.75) is 11.1 Å². The van der Waals surface area contributed by atoms with Crippen molar-refractivity contribution in [2.24, 2.45) is 5.73 Å². The zero-order valence-corrected chi connectivity index (χ0v) is 11.7. The number of amides is 1. The summed E-state index contributed by atoms with van der Waals surface area (Å²) in [6.07, 6.45) is -4.79. The van der Waals surface area contributed by atoms with Crippen LogP contribution in [0.3, 0.4) is 0 Å². The van der Waals surface area contributed by atoms with Crippen molar-refractivity contribution in [3.63, 3.8) is 0 Å². The van der Waals surface area contributed by atoms with Crippen LogP contribution in [0.2, 0.25) is 5.02 Å². The second kappa shape index (κ2) is 5.58. The van der Waals surface area contributed by atoms with Gasteiger partial charge < -0.3 is 5.73 Å². The van der Waals surface area contributed by atoms with E-state index in [1.54, 1.807) is 0 Å². The zero-order valence-electron chi connectivity index (χ0n) is 10.1. The van der Waals surface area contributed by atoms with E-state index in [4.69, 9.17) is 17.3 Å². The number of benzene rings is 1. The van der Waals surface area contributed by atoms with Crippen molar-refractivity contribution in [1.29, 1.82) is 0 Å². The van der Waals surface area contributed by atoms with Gasteiger partial charge in [-0.3, -0.25) is 4.79 Å². The van der Waals surface area contributed by atoms with Gasteiger partial charge in [0.05, 0.1) is 22.0 Å². The Labute approximate surface area is 118 Å². The van der Waals surface area contributed by atoms with Gasteiger partial charge in [-0.1, -0.05) is 11.6 Å². The lowest BCUT2D eigenvalue weighted by Gasteiger charge is -2.17. The quantitative estimate of drug-likeness (QED) is 0.907. The molecule has 10 heteroatoms. The number of carbonyl (C=O) groups excluding carboxylic acids is 1. The van der Waals surface area contributed by atoms with Crippen molar-refractivity contribution in [1.82, 2.24) is 4.31 Å². The van der Waals surface area contributed by atoms with E-state index in [-0.39, 0.29) is 0 Å². The maximum atomic E-state index is 12.7. The standard InChI is InChI=1S/C10H10ClF3N2O3S/c1-16(5-9(15)17)20(18,19)6-2-3-8(11)7(4-6)10(12,13)14/h2-4H,5H2,1H3,(H2,15,17). The lowest BCUT2D eigenvalue weighted by molar-refractivity contribution is -0.137. The van der Waals surface area contributed by atoms with Gasteiger partial charge in [0.1, 0.15) is 0 Å². The highest BCUT2D eigenvalue weighted by Crippen LogP contribution is 2.36. The molecule has 2 N–H and O–H groups in total. The van der Waals surface area contributed by atoms with Crippen molar-refractivity contribution >= 4 is 27.5 Å². The fourth-order valence-corrected chi connectivity index (χ4v) is 2.76. The van der Waals surface area contributed by atoms with Gasteiger partial charge in [0, 0.05) is 7.05 Å². The van der Waals surface area contributed by atoms with Gasteiger partial charge in [0.15, 0.2) is 0 Å². The molecule has 0 atom stereocenters. The Hall–Kier alpha value is -1.32. The molecule has 1 amide bonds. The summed E-state index contributed by atoms with van der Waals surface area (Å²) in [7, 11) is -3.23. The van der Waals surface area contributed by atoms with Crippen LogP contribution in [0.25, 0.3) is 0 Å². The van der Waals surface area contributed by atoms with E-state index < -0.39 is 44.1 Å². The molecule has 1 aromatic rings. The molecule has 0 bridgehead atoms. The Morgan fingerprint density at radius 2 is 1.95 bits per heavy atom. The molecule has 112 valence electrons. The van der Waals surface area contributed by atoms with Gasteiger partial charge in [-0.05, 0) is 18.2 Å². The van der Waals surface area contributed by atoms with E-state index in [2.05, 4.69) is 0 Å². The average Bonchev–Trinajstić information content (AvgIpc) is 2.26. The van der Waals surface area contributed by atoms with E-state index in [9.17, 15) is 26.4 Å². The lowest BCUT2D eigenvalue weighted by Crippen LogP contribution is -2.35. The summed E-state index contributed by atoms with van der Waals surface area (Å²) in [5.41, 5.74) is 3.57. The number of hydrogen-bond acceptors (Lipinski definition) is 3. The second-order valence-corrected chi connectivity index (χ2v) is 6.32. The van der Waals surface area contributed by atoms with Gasteiger partial charge in [-0.15, -0.1) is 0 Å². The fraction of sp³-hybridized carbons (Fsp3) is 0.300. The summed E-state index contributed by atoms with van der Waals surface area (Å²) >= 11 is 5.39. The number of hydrogen-bond donors (Lipinski definition) is 1. The summed E-state index contributed by atoms with van der Waals surface area (Å²) in [5.74, 6) is -0.930. The van der Waals surface area contributed by atoms with Gasteiger partial charge in [0.25, 0.3) is 0 Å². The number of halogens is 4. The molecule has 0 unspecified atom stereocenters. The fourth-order valence-electron chi connectivity index (χ4n) is 1.37. The first kappa shape index (κ1) is 16.7. The minimum Gasteiger partial charge on any atom is -0.369 e. The number of nitrogens with two attached hydrogens (primary N) is 1. The van der Waals surface area contributed by atoms with E-state index in [0.717, 1.165) is 19.2 Å². The number of rotatable bonds is 4. The molecule has 0 aliphatic heterocycles. The Bertz CT molecular complexity index is 631. The van der Waals surface area contributed by atoms with Crippen molar-refractivity contribution in [3.8, 4) is 0 Å². The summed E-state index contributed by atoms with van der Waals surface area (Å²) in [6.45, 7) is -0.647. The van der Waals surface area contributed by atoms with Crippen molar-refractivity contribution in [3.05, 3.63) is 28.8 Å². The Kier molecular flexibility index (Phi) is 4.67. The highest BCUT2D eigenvalue weighted by molar-refractivity contribution is 7.89. The predicted molar refractivity (Wildman–Crippen MR) is 65.5 cm³/mol. The van der Waals surface area contributed by atoms with Crippen molar-refractivity contribution in [2.75, 3.05) is 13.6 Å². The average molecular weight is 331 g/mol. The predicted octanol–water partition coefficient (Wildman–Crippen LogP) is 1.46. The maximum Gasteiger partial charge on any atom is 0.417 e. The molecular formula is C10H10ClF3N2O3S. The number of carbonyl (C=O) groups is 1. The molecule has 0 heterocycles. The number of nitrogens with zero attached hydrogens (tertiary/aromatic N) is 1. The monoisotopic (exact) mass is 330 g/mol. The van der Waals surface area contributed by atoms with Gasteiger partial charge in [-0.25, -0.2) is 8.42 Å². The first-order valence-corrected chi connectivity index (χ1v) is 6.89. The Morgan fingerprint density at radius 3 is 2.40 bits per heavy atom. The number of alkyl halides is 3. The zero-order chi connectivity index (χ0) is 15.7. The summed E-state index contributed by atoms with van der Waals surface area (Å²) in [5, 5.41) is -0.617. The maximum absolute atomic E-state index is 12.7. The molecule has 0 aliphatic carbocycles. The summed E-state index contributed by atoms with van der Waals surface area (Å²) in [6, 6.07) is 2.16. The molecule has 0 saturated heterocycles. The smallest absolute Gasteiger partial charge is 0.369 e. The lowest BCUT2D eigenvalue weighted by atomic mass is 10.2. The summed E-state index contributed by atoms with van der Waals surface area (Å²) < 4.78 is 62.5. The topological polar surface area (TPSA) is 80.5 Å². The molecular weight excluding hydrogens is 321 g/mol. The van der Waals surface area contributed by atoms with E-state index >= 15 is 0 Å². The van der Waals surface area contributed by atoms with Crippen LogP contribution in [-0.2, 0) is 21.0 Å². The van der Waals surface area contributed by atoms with Crippen LogP contribution in [0.1, 0.15) is 5.56 Å². The van der Waals surface area contributed by atoms with Crippen LogP contribution < -0.4 is 5.73 Å². The molecule has 5 nitrogen and oxygen atoms in total. The first-order chi connectivity index (χ1) is 8.96. The number of likely N-dealkylation sites (N-methyl/N-ethyl adjacent to an activating group) is 1. The number of primary amides is 1. The van der Waals surface area contributed by atoms with Crippen LogP contribution >= 0.6 is 11.6 Å². The van der Waals surface area contributed by atoms with Crippen LogP contribution in [0.4, 0.5) is 13.2 Å². The normalized spacial score (nSPS) is 12.7. The van der Waals surface area contributed by atoms with Gasteiger partial charge in [-0.2, -0.15) is 17.5 Å². The van der Waals surface area contributed by atoms with Crippen LogP contribution in [0.5, 0.6) is 0 Å². The number of sulfonamides is 1. The van der Waals surface area contributed by atoms with E-state index in [0.29, 0.717) is 10.4 Å². The molecule has 0 aromatic heterocycles. The molecule has 20 heavy (non-hydrogen) atoms. The molecule has 0 fully saturated rings. The Balaban J connectivity index is 3.31. The van der Waals surface area contributed by atoms with Gasteiger partial charge >= 0.3 is 6.18 Å². The molecule has 0 spiro atoms. The summed E-state index contributed by atoms with van der Waals surface area (Å²) in [4.78, 5) is 10.1. The third-order valence-electron chi connectivity index (χ3n) is 2.33. The third-order valence-corrected chi connectivity index (χ3v) is 4.46. The molecule has 1 aromatic carbocycles. The van der Waals surface area contributed by atoms with E-state index in [1.165, 1.54) is 0 Å². The Morgan fingerprint density at radius 1 is 1.40 bits per heavy atom. The minimum absolute atomic E-state index is 0.412. The third kappa shape index (κ3) is 3.62. The molecule has 1 rings (SSSR count).